The normalized spacial score (nSPS) is 9.48. The highest BCUT2D eigenvalue weighted by Gasteiger charge is 2.09. The summed E-state index contributed by atoms with van der Waals surface area (Å²) in [5, 5.41) is 5.08. The topological polar surface area (TPSA) is 84.5 Å². The molecule has 0 heterocycles. The minimum atomic E-state index is -0.531. The van der Waals surface area contributed by atoms with Crippen molar-refractivity contribution in [3.63, 3.8) is 0 Å². The van der Waals surface area contributed by atoms with Crippen LogP contribution in [-0.4, -0.2) is 31.4 Å². The lowest BCUT2D eigenvalue weighted by Crippen LogP contribution is -2.30. The summed E-state index contributed by atoms with van der Waals surface area (Å²) in [5.74, 6) is -1.21. The molecule has 0 aromatic heterocycles. The van der Waals surface area contributed by atoms with Gasteiger partial charge in [0, 0.05) is 17.3 Å². The molecule has 2 N–H and O–H groups in total. The van der Waals surface area contributed by atoms with Gasteiger partial charge in [-0.15, -0.1) is 0 Å². The number of anilines is 1. The van der Waals surface area contributed by atoms with Gasteiger partial charge in [-0.1, -0.05) is 11.6 Å². The van der Waals surface area contributed by atoms with Gasteiger partial charge >= 0.3 is 5.97 Å². The van der Waals surface area contributed by atoms with Crippen molar-refractivity contribution < 1.29 is 19.1 Å². The minimum Gasteiger partial charge on any atom is -0.468 e. The number of nitrogens with one attached hydrogen (secondary N) is 2. The van der Waals surface area contributed by atoms with Crippen molar-refractivity contribution in [3.05, 3.63) is 41.5 Å². The van der Waals surface area contributed by atoms with E-state index >= 15 is 0 Å². The molecule has 0 aliphatic heterocycles. The third-order valence-corrected chi connectivity index (χ3v) is 2.43. The second-order valence-electron chi connectivity index (χ2n) is 4.55. The molecule has 1 aromatic carbocycles. The van der Waals surface area contributed by atoms with Gasteiger partial charge in [0.05, 0.1) is 7.11 Å². The van der Waals surface area contributed by atoms with Gasteiger partial charge in [-0.3, -0.25) is 14.4 Å². The number of amides is 2. The lowest BCUT2D eigenvalue weighted by molar-refractivity contribution is -0.139. The molecule has 2 amide bonds. The van der Waals surface area contributed by atoms with Crippen LogP contribution in [-0.2, 0) is 14.3 Å². The molecule has 0 saturated carbocycles. The predicted octanol–water partition coefficient (Wildman–Crippen LogP) is 1.49. The number of ether oxygens (including phenoxy) is 1. The first-order valence-corrected chi connectivity index (χ1v) is 6.33. The Morgan fingerprint density at radius 3 is 2.57 bits per heavy atom. The highest BCUT2D eigenvalue weighted by Crippen LogP contribution is 2.11. The van der Waals surface area contributed by atoms with Gasteiger partial charge in [-0.05, 0) is 32.0 Å². The van der Waals surface area contributed by atoms with Crippen LogP contribution in [0, 0.1) is 0 Å². The largest absolute Gasteiger partial charge is 0.468 e. The molecule has 0 spiro atoms. The highest BCUT2D eigenvalue weighted by molar-refractivity contribution is 6.01. The van der Waals surface area contributed by atoms with Crippen molar-refractivity contribution in [2.75, 3.05) is 19.0 Å². The number of esters is 1. The van der Waals surface area contributed by atoms with Crippen LogP contribution in [0.4, 0.5) is 5.69 Å². The molecule has 0 fully saturated rings. The molecule has 1 rings (SSSR count). The Balaban J connectivity index is 2.72. The smallest absolute Gasteiger partial charge is 0.325 e. The van der Waals surface area contributed by atoms with Crippen molar-refractivity contribution in [1.82, 2.24) is 5.32 Å². The van der Waals surface area contributed by atoms with E-state index in [1.54, 1.807) is 18.2 Å². The van der Waals surface area contributed by atoms with E-state index in [0.717, 1.165) is 5.57 Å². The van der Waals surface area contributed by atoms with Crippen LogP contribution < -0.4 is 10.6 Å². The maximum Gasteiger partial charge on any atom is 0.325 e. The Morgan fingerprint density at radius 2 is 1.95 bits per heavy atom. The number of hydrogen-bond donors (Lipinski definition) is 2. The standard InChI is InChI=1S/C15H18N2O4/c1-10(2)7-13(18)17-12-6-4-5-11(8-12)15(20)16-9-14(19)21-3/h4-8H,9H2,1-3H3,(H,16,20)(H,17,18). The summed E-state index contributed by atoms with van der Waals surface area (Å²) in [5.41, 5.74) is 1.72. The Labute approximate surface area is 123 Å². The van der Waals surface area contributed by atoms with Gasteiger partial charge in [0.25, 0.3) is 5.91 Å². The molecule has 0 aliphatic rings. The fraction of sp³-hybridized carbons (Fsp3) is 0.267. The maximum atomic E-state index is 11.8. The first kappa shape index (κ1) is 16.4. The quantitative estimate of drug-likeness (QED) is 0.635. The number of carbonyl (C=O) groups is 3. The monoisotopic (exact) mass is 290 g/mol. The first-order chi connectivity index (χ1) is 9.92. The molecule has 6 heteroatoms. The van der Waals surface area contributed by atoms with Crippen LogP contribution in [0.5, 0.6) is 0 Å². The highest BCUT2D eigenvalue weighted by atomic mass is 16.5. The van der Waals surface area contributed by atoms with E-state index in [1.165, 1.54) is 19.3 Å². The fourth-order valence-corrected chi connectivity index (χ4v) is 1.51. The lowest BCUT2D eigenvalue weighted by atomic mass is 10.2. The zero-order valence-corrected chi connectivity index (χ0v) is 12.2. The van der Waals surface area contributed by atoms with Crippen molar-refractivity contribution in [2.45, 2.75) is 13.8 Å². The van der Waals surface area contributed by atoms with E-state index in [-0.39, 0.29) is 12.5 Å². The molecule has 0 radical (unpaired) electrons. The van der Waals surface area contributed by atoms with Gasteiger partial charge in [0.15, 0.2) is 0 Å². The van der Waals surface area contributed by atoms with E-state index in [0.29, 0.717) is 11.3 Å². The van der Waals surface area contributed by atoms with Gasteiger partial charge in [-0.25, -0.2) is 0 Å². The van der Waals surface area contributed by atoms with Crippen molar-refractivity contribution in [1.29, 1.82) is 0 Å². The van der Waals surface area contributed by atoms with E-state index in [4.69, 9.17) is 0 Å². The summed E-state index contributed by atoms with van der Waals surface area (Å²) in [6.45, 7) is 3.43. The van der Waals surface area contributed by atoms with E-state index in [9.17, 15) is 14.4 Å². The summed E-state index contributed by atoms with van der Waals surface area (Å²) in [4.78, 5) is 34.4. The van der Waals surface area contributed by atoms with Gasteiger partial charge in [0.1, 0.15) is 6.54 Å². The molecule has 112 valence electrons. The number of rotatable bonds is 5. The summed E-state index contributed by atoms with van der Waals surface area (Å²) >= 11 is 0. The van der Waals surface area contributed by atoms with Crippen LogP contribution in [0.1, 0.15) is 24.2 Å². The SMILES string of the molecule is COC(=O)CNC(=O)c1cccc(NC(=O)C=C(C)C)c1. The average molecular weight is 290 g/mol. The number of hydrogen-bond acceptors (Lipinski definition) is 4. The predicted molar refractivity (Wildman–Crippen MR) is 78.9 cm³/mol. The molecule has 0 bridgehead atoms. The third kappa shape index (κ3) is 5.90. The van der Waals surface area contributed by atoms with Crippen molar-refractivity contribution >= 4 is 23.5 Å². The zero-order chi connectivity index (χ0) is 15.8. The summed E-state index contributed by atoms with van der Waals surface area (Å²) in [6, 6.07) is 6.44. The molecular weight excluding hydrogens is 272 g/mol. The first-order valence-electron chi connectivity index (χ1n) is 6.33. The van der Waals surface area contributed by atoms with Crippen molar-refractivity contribution in [2.24, 2.45) is 0 Å². The number of benzene rings is 1. The van der Waals surface area contributed by atoms with Crippen LogP contribution in [0.25, 0.3) is 0 Å². The fourth-order valence-electron chi connectivity index (χ4n) is 1.51. The Bertz CT molecular complexity index is 575. The second kappa shape index (κ2) is 7.84. The van der Waals surface area contributed by atoms with E-state index < -0.39 is 11.9 Å². The molecular formula is C15H18N2O4. The number of methoxy groups -OCH3 is 1. The van der Waals surface area contributed by atoms with Crippen LogP contribution >= 0.6 is 0 Å². The van der Waals surface area contributed by atoms with Gasteiger partial charge < -0.3 is 15.4 Å². The number of allylic oxidation sites excluding steroid dienone is 1. The Kier molecular flexibility index (Phi) is 6.13. The molecule has 0 unspecified atom stereocenters. The zero-order valence-electron chi connectivity index (χ0n) is 12.2. The Hall–Kier alpha value is -2.63. The summed E-state index contributed by atoms with van der Waals surface area (Å²) in [6.07, 6.45) is 1.46. The van der Waals surface area contributed by atoms with Gasteiger partial charge in [-0.2, -0.15) is 0 Å². The molecule has 1 aromatic rings. The second-order valence-corrected chi connectivity index (χ2v) is 4.55. The molecule has 0 atom stereocenters. The van der Waals surface area contributed by atoms with Crippen LogP contribution in [0.3, 0.4) is 0 Å². The molecule has 21 heavy (non-hydrogen) atoms. The number of carbonyl (C=O) groups excluding carboxylic acids is 3. The summed E-state index contributed by atoms with van der Waals surface area (Å²) < 4.78 is 4.43. The van der Waals surface area contributed by atoms with E-state index in [1.807, 2.05) is 13.8 Å². The van der Waals surface area contributed by atoms with Crippen LogP contribution in [0.2, 0.25) is 0 Å². The summed E-state index contributed by atoms with van der Waals surface area (Å²) in [7, 11) is 1.24. The Morgan fingerprint density at radius 1 is 1.24 bits per heavy atom. The van der Waals surface area contributed by atoms with Crippen molar-refractivity contribution in [3.8, 4) is 0 Å². The van der Waals surface area contributed by atoms with Gasteiger partial charge in [0.2, 0.25) is 5.91 Å². The minimum absolute atomic E-state index is 0.205. The van der Waals surface area contributed by atoms with E-state index in [2.05, 4.69) is 15.4 Å². The lowest BCUT2D eigenvalue weighted by Gasteiger charge is -2.07. The maximum absolute atomic E-state index is 11.8. The van der Waals surface area contributed by atoms with Crippen LogP contribution in [0.15, 0.2) is 35.9 Å². The molecule has 0 aliphatic carbocycles. The average Bonchev–Trinajstić information content (AvgIpc) is 2.43. The molecule has 6 nitrogen and oxygen atoms in total. The third-order valence-electron chi connectivity index (χ3n) is 2.43. The molecule has 0 saturated heterocycles.